The van der Waals surface area contributed by atoms with Crippen LogP contribution in [0.2, 0.25) is 0 Å². The van der Waals surface area contributed by atoms with Gasteiger partial charge in [0.25, 0.3) is 5.91 Å². The highest BCUT2D eigenvalue weighted by atomic mass is 16.5. The zero-order chi connectivity index (χ0) is 14.4. The van der Waals surface area contributed by atoms with Crippen molar-refractivity contribution in [2.75, 3.05) is 31.6 Å². The van der Waals surface area contributed by atoms with Crippen LogP contribution in [0.15, 0.2) is 18.2 Å². The molecule has 0 saturated carbocycles. The quantitative estimate of drug-likeness (QED) is 0.869. The van der Waals surface area contributed by atoms with E-state index in [9.17, 15) is 4.79 Å². The SMILES string of the molecule is CCNc1ccc(C)cc1C(=O)NCC1CCCOC1. The molecule has 2 rings (SSSR count). The maximum atomic E-state index is 12.3. The van der Waals surface area contributed by atoms with Crippen LogP contribution in [-0.4, -0.2) is 32.2 Å². The van der Waals surface area contributed by atoms with E-state index in [1.54, 1.807) is 0 Å². The molecule has 0 radical (unpaired) electrons. The summed E-state index contributed by atoms with van der Waals surface area (Å²) in [7, 11) is 0. The third-order valence-corrected chi connectivity index (χ3v) is 3.59. The van der Waals surface area contributed by atoms with Crippen molar-refractivity contribution in [3.8, 4) is 0 Å². The average molecular weight is 276 g/mol. The van der Waals surface area contributed by atoms with Gasteiger partial charge in [-0.3, -0.25) is 4.79 Å². The number of benzene rings is 1. The molecule has 1 aromatic carbocycles. The molecule has 1 saturated heterocycles. The number of hydrogen-bond donors (Lipinski definition) is 2. The Kier molecular flexibility index (Phi) is 5.41. The second kappa shape index (κ2) is 7.29. The van der Waals surface area contributed by atoms with Crippen molar-refractivity contribution in [3.63, 3.8) is 0 Å². The Hall–Kier alpha value is -1.55. The van der Waals surface area contributed by atoms with Crippen LogP contribution in [0.3, 0.4) is 0 Å². The van der Waals surface area contributed by atoms with Gasteiger partial charge in [0.2, 0.25) is 0 Å². The van der Waals surface area contributed by atoms with Gasteiger partial charge in [-0.25, -0.2) is 0 Å². The van der Waals surface area contributed by atoms with Crippen LogP contribution in [0, 0.1) is 12.8 Å². The maximum Gasteiger partial charge on any atom is 0.253 e. The number of amides is 1. The first-order valence-electron chi connectivity index (χ1n) is 7.41. The molecule has 0 aliphatic carbocycles. The van der Waals surface area contributed by atoms with Crippen LogP contribution in [0.4, 0.5) is 5.69 Å². The predicted octanol–water partition coefficient (Wildman–Crippen LogP) is 2.58. The highest BCUT2D eigenvalue weighted by Gasteiger charge is 2.16. The first-order chi connectivity index (χ1) is 9.70. The second-order valence-corrected chi connectivity index (χ2v) is 5.37. The van der Waals surface area contributed by atoms with Crippen molar-refractivity contribution >= 4 is 11.6 Å². The van der Waals surface area contributed by atoms with Gasteiger partial charge in [-0.1, -0.05) is 11.6 Å². The van der Waals surface area contributed by atoms with Crippen LogP contribution in [-0.2, 0) is 4.74 Å². The Labute approximate surface area is 120 Å². The Balaban J connectivity index is 1.98. The lowest BCUT2D eigenvalue weighted by molar-refractivity contribution is 0.0536. The zero-order valence-electron chi connectivity index (χ0n) is 12.4. The van der Waals surface area contributed by atoms with Crippen molar-refractivity contribution in [2.24, 2.45) is 5.92 Å². The fraction of sp³-hybridized carbons (Fsp3) is 0.562. The predicted molar refractivity (Wildman–Crippen MR) is 81.2 cm³/mol. The topological polar surface area (TPSA) is 50.4 Å². The molecule has 1 aromatic rings. The third-order valence-electron chi connectivity index (χ3n) is 3.59. The van der Waals surface area contributed by atoms with E-state index in [-0.39, 0.29) is 5.91 Å². The fourth-order valence-corrected chi connectivity index (χ4v) is 2.49. The van der Waals surface area contributed by atoms with E-state index in [2.05, 4.69) is 10.6 Å². The van der Waals surface area contributed by atoms with Crippen molar-refractivity contribution in [2.45, 2.75) is 26.7 Å². The van der Waals surface area contributed by atoms with E-state index in [0.29, 0.717) is 12.5 Å². The summed E-state index contributed by atoms with van der Waals surface area (Å²) in [5.41, 5.74) is 2.72. The monoisotopic (exact) mass is 276 g/mol. The standard InChI is InChI=1S/C16H24N2O2/c1-3-17-15-7-6-12(2)9-14(15)16(19)18-10-13-5-4-8-20-11-13/h6-7,9,13,17H,3-5,8,10-11H2,1-2H3,(H,18,19). The number of ether oxygens (including phenoxy) is 1. The molecule has 1 aliphatic heterocycles. The largest absolute Gasteiger partial charge is 0.385 e. The molecule has 1 aliphatic rings. The van der Waals surface area contributed by atoms with Crippen LogP contribution in [0.1, 0.15) is 35.7 Å². The molecule has 1 atom stereocenters. The lowest BCUT2D eigenvalue weighted by Gasteiger charge is -2.22. The van der Waals surface area contributed by atoms with Crippen LogP contribution >= 0.6 is 0 Å². The summed E-state index contributed by atoms with van der Waals surface area (Å²) in [4.78, 5) is 12.3. The number of rotatable bonds is 5. The highest BCUT2D eigenvalue weighted by molar-refractivity contribution is 5.99. The number of aryl methyl sites for hydroxylation is 1. The van der Waals surface area contributed by atoms with Gasteiger partial charge in [-0.2, -0.15) is 0 Å². The summed E-state index contributed by atoms with van der Waals surface area (Å²) in [6.45, 7) is 7.14. The summed E-state index contributed by atoms with van der Waals surface area (Å²) in [6.07, 6.45) is 2.22. The molecule has 20 heavy (non-hydrogen) atoms. The van der Waals surface area contributed by atoms with Crippen LogP contribution in [0.25, 0.3) is 0 Å². The Morgan fingerprint density at radius 2 is 2.30 bits per heavy atom. The van der Waals surface area contributed by atoms with Gasteiger partial charge in [0.1, 0.15) is 0 Å². The molecule has 1 unspecified atom stereocenters. The molecular formula is C16H24N2O2. The molecular weight excluding hydrogens is 252 g/mol. The molecule has 0 aromatic heterocycles. The molecule has 110 valence electrons. The van der Waals surface area contributed by atoms with Gasteiger partial charge < -0.3 is 15.4 Å². The van der Waals surface area contributed by atoms with Gasteiger partial charge in [0, 0.05) is 25.4 Å². The third kappa shape index (κ3) is 3.97. The summed E-state index contributed by atoms with van der Waals surface area (Å²) in [5, 5.41) is 6.27. The van der Waals surface area contributed by atoms with Gasteiger partial charge in [-0.05, 0) is 44.7 Å². The Bertz CT molecular complexity index is 454. The van der Waals surface area contributed by atoms with Crippen molar-refractivity contribution in [3.05, 3.63) is 29.3 Å². The molecule has 1 heterocycles. The molecule has 2 N–H and O–H groups in total. The molecule has 0 spiro atoms. The lowest BCUT2D eigenvalue weighted by atomic mass is 10.0. The first kappa shape index (κ1) is 14.9. The lowest BCUT2D eigenvalue weighted by Crippen LogP contribution is -2.33. The molecule has 4 nitrogen and oxygen atoms in total. The number of carbonyl (C=O) groups is 1. The van der Waals surface area contributed by atoms with E-state index in [1.165, 1.54) is 0 Å². The molecule has 1 fully saturated rings. The van der Waals surface area contributed by atoms with Gasteiger partial charge in [0.05, 0.1) is 12.2 Å². The van der Waals surface area contributed by atoms with Gasteiger partial charge >= 0.3 is 0 Å². The minimum Gasteiger partial charge on any atom is -0.385 e. The zero-order valence-corrected chi connectivity index (χ0v) is 12.4. The molecule has 1 amide bonds. The number of carbonyl (C=O) groups excluding carboxylic acids is 1. The summed E-state index contributed by atoms with van der Waals surface area (Å²) < 4.78 is 5.44. The second-order valence-electron chi connectivity index (χ2n) is 5.37. The van der Waals surface area contributed by atoms with Gasteiger partial charge in [0.15, 0.2) is 0 Å². The number of nitrogens with one attached hydrogen (secondary N) is 2. The van der Waals surface area contributed by atoms with Crippen molar-refractivity contribution in [1.29, 1.82) is 0 Å². The van der Waals surface area contributed by atoms with E-state index in [0.717, 1.165) is 49.4 Å². The van der Waals surface area contributed by atoms with Crippen molar-refractivity contribution < 1.29 is 9.53 Å². The summed E-state index contributed by atoms with van der Waals surface area (Å²) in [5.74, 6) is 0.440. The van der Waals surface area contributed by atoms with E-state index in [1.807, 2.05) is 32.0 Å². The van der Waals surface area contributed by atoms with E-state index >= 15 is 0 Å². The van der Waals surface area contributed by atoms with Crippen LogP contribution < -0.4 is 10.6 Å². The Morgan fingerprint density at radius 1 is 1.45 bits per heavy atom. The van der Waals surface area contributed by atoms with Crippen molar-refractivity contribution in [1.82, 2.24) is 5.32 Å². The summed E-state index contributed by atoms with van der Waals surface area (Å²) in [6, 6.07) is 5.92. The van der Waals surface area contributed by atoms with Gasteiger partial charge in [-0.15, -0.1) is 0 Å². The number of anilines is 1. The number of hydrogen-bond acceptors (Lipinski definition) is 3. The molecule has 4 heteroatoms. The normalized spacial score (nSPS) is 18.6. The van der Waals surface area contributed by atoms with E-state index in [4.69, 9.17) is 4.74 Å². The minimum absolute atomic E-state index is 0.00442. The minimum atomic E-state index is -0.00442. The average Bonchev–Trinajstić information content (AvgIpc) is 2.48. The maximum absolute atomic E-state index is 12.3. The Morgan fingerprint density at radius 3 is 3.00 bits per heavy atom. The summed E-state index contributed by atoms with van der Waals surface area (Å²) >= 11 is 0. The van der Waals surface area contributed by atoms with Crippen LogP contribution in [0.5, 0.6) is 0 Å². The first-order valence-corrected chi connectivity index (χ1v) is 7.41. The van der Waals surface area contributed by atoms with E-state index < -0.39 is 0 Å². The smallest absolute Gasteiger partial charge is 0.253 e. The fourth-order valence-electron chi connectivity index (χ4n) is 2.49. The highest BCUT2D eigenvalue weighted by Crippen LogP contribution is 2.18. The molecule has 0 bridgehead atoms.